The predicted octanol–water partition coefficient (Wildman–Crippen LogP) is 6.13. The quantitative estimate of drug-likeness (QED) is 0.346. The third-order valence-electron chi connectivity index (χ3n) is 6.94. The molecular formula is C31H30FN3O. The highest BCUT2D eigenvalue weighted by atomic mass is 19.1. The van der Waals surface area contributed by atoms with Crippen molar-refractivity contribution in [2.45, 2.75) is 13.8 Å². The van der Waals surface area contributed by atoms with Crippen molar-refractivity contribution in [3.8, 4) is 11.3 Å². The van der Waals surface area contributed by atoms with Gasteiger partial charge in [-0.3, -0.25) is 9.69 Å². The van der Waals surface area contributed by atoms with Crippen LogP contribution in [0.15, 0.2) is 78.9 Å². The second-order valence-corrected chi connectivity index (χ2v) is 9.42. The molecule has 1 aliphatic heterocycles. The maximum absolute atomic E-state index is 14.2. The number of hydrogen-bond acceptors (Lipinski definition) is 3. The van der Waals surface area contributed by atoms with Crippen LogP contribution in [0.2, 0.25) is 0 Å². The second kappa shape index (κ2) is 10.4. The topological polar surface area (TPSA) is 36.4 Å². The number of amides is 1. The molecule has 3 aromatic carbocycles. The molecule has 0 bridgehead atoms. The Morgan fingerprint density at radius 2 is 1.69 bits per heavy atom. The van der Waals surface area contributed by atoms with Crippen LogP contribution in [0.25, 0.3) is 28.2 Å². The number of halogens is 1. The fourth-order valence-corrected chi connectivity index (χ4v) is 4.63. The van der Waals surface area contributed by atoms with E-state index in [0.717, 1.165) is 30.9 Å². The number of fused-ring (bicyclic) bond motifs is 1. The lowest BCUT2D eigenvalue weighted by atomic mass is 10.00. The number of carbonyl (C=O) groups is 1. The Morgan fingerprint density at radius 1 is 0.917 bits per heavy atom. The van der Waals surface area contributed by atoms with Crippen LogP contribution >= 0.6 is 0 Å². The highest BCUT2D eigenvalue weighted by Gasteiger charge is 2.24. The standard InChI is InChI=1S/C31H30FN3O/c1-22-10-11-25(19-23(22)2)30-21-28(27-20-26(32)12-13-29(27)33-30)31(36)35-17-15-34(16-18-35)14-6-9-24-7-4-3-5-8-24/h3-13,19-21H,14-18H2,1-2H3/b9-6+. The maximum atomic E-state index is 14.2. The summed E-state index contributed by atoms with van der Waals surface area (Å²) in [6.07, 6.45) is 4.30. The highest BCUT2D eigenvalue weighted by molar-refractivity contribution is 6.07. The number of carbonyl (C=O) groups excluding carboxylic acids is 1. The maximum Gasteiger partial charge on any atom is 0.254 e. The SMILES string of the molecule is Cc1ccc(-c2cc(C(=O)N3CCN(C/C=C/c4ccccc4)CC3)c3cc(F)ccc3n2)cc1C. The lowest BCUT2D eigenvalue weighted by Crippen LogP contribution is -2.48. The monoisotopic (exact) mass is 479 g/mol. The summed E-state index contributed by atoms with van der Waals surface area (Å²) >= 11 is 0. The smallest absolute Gasteiger partial charge is 0.254 e. The van der Waals surface area contributed by atoms with Crippen LogP contribution in [-0.2, 0) is 0 Å². The van der Waals surface area contributed by atoms with Crippen molar-refractivity contribution in [2.75, 3.05) is 32.7 Å². The molecule has 2 heterocycles. The first-order valence-corrected chi connectivity index (χ1v) is 12.4. The van der Waals surface area contributed by atoms with E-state index in [1.54, 1.807) is 6.07 Å². The number of pyridine rings is 1. The Morgan fingerprint density at radius 3 is 2.44 bits per heavy atom. The van der Waals surface area contributed by atoms with Crippen LogP contribution in [-0.4, -0.2) is 53.4 Å². The van der Waals surface area contributed by atoms with E-state index in [0.29, 0.717) is 29.6 Å². The van der Waals surface area contributed by atoms with E-state index in [4.69, 9.17) is 4.98 Å². The molecule has 5 rings (SSSR count). The van der Waals surface area contributed by atoms with E-state index in [1.165, 1.54) is 28.8 Å². The Labute approximate surface area is 211 Å². The van der Waals surface area contributed by atoms with Crippen LogP contribution in [0.1, 0.15) is 27.0 Å². The van der Waals surface area contributed by atoms with Gasteiger partial charge in [-0.1, -0.05) is 54.6 Å². The molecule has 182 valence electrons. The van der Waals surface area contributed by atoms with Crippen LogP contribution in [0, 0.1) is 19.7 Å². The Bertz CT molecular complexity index is 1420. The predicted molar refractivity (Wildman–Crippen MR) is 144 cm³/mol. The van der Waals surface area contributed by atoms with E-state index >= 15 is 0 Å². The van der Waals surface area contributed by atoms with Gasteiger partial charge in [-0.2, -0.15) is 0 Å². The Kier molecular flexibility index (Phi) is 6.92. The molecule has 0 unspecified atom stereocenters. The summed E-state index contributed by atoms with van der Waals surface area (Å²) in [4.78, 5) is 22.7. The van der Waals surface area contributed by atoms with Crippen LogP contribution in [0.5, 0.6) is 0 Å². The summed E-state index contributed by atoms with van der Waals surface area (Å²) in [6, 6.07) is 22.7. The number of piperazine rings is 1. The summed E-state index contributed by atoms with van der Waals surface area (Å²) in [5, 5.41) is 0.556. The first-order chi connectivity index (χ1) is 17.5. The van der Waals surface area contributed by atoms with E-state index in [2.05, 4.69) is 55.2 Å². The molecule has 0 saturated carbocycles. The first kappa shape index (κ1) is 23.9. The zero-order chi connectivity index (χ0) is 25.1. The first-order valence-electron chi connectivity index (χ1n) is 12.4. The molecule has 36 heavy (non-hydrogen) atoms. The van der Waals surface area contributed by atoms with Gasteiger partial charge in [0.15, 0.2) is 0 Å². The number of rotatable bonds is 5. The molecule has 0 spiro atoms. The number of aryl methyl sites for hydroxylation is 2. The Hall–Kier alpha value is -3.83. The number of aromatic nitrogens is 1. The van der Waals surface area contributed by atoms with Crippen molar-refractivity contribution in [1.82, 2.24) is 14.8 Å². The minimum atomic E-state index is -0.368. The highest BCUT2D eigenvalue weighted by Crippen LogP contribution is 2.28. The zero-order valence-corrected chi connectivity index (χ0v) is 20.7. The average Bonchev–Trinajstić information content (AvgIpc) is 2.90. The lowest BCUT2D eigenvalue weighted by molar-refractivity contribution is 0.0652. The van der Waals surface area contributed by atoms with Crippen molar-refractivity contribution < 1.29 is 9.18 Å². The molecule has 0 aliphatic carbocycles. The number of hydrogen-bond donors (Lipinski definition) is 0. The molecule has 5 heteroatoms. The molecule has 1 fully saturated rings. The molecule has 4 nitrogen and oxygen atoms in total. The van der Waals surface area contributed by atoms with Gasteiger partial charge < -0.3 is 4.90 Å². The molecule has 4 aromatic rings. The minimum absolute atomic E-state index is 0.0717. The van der Waals surface area contributed by atoms with Gasteiger partial charge in [-0.25, -0.2) is 9.37 Å². The molecule has 0 atom stereocenters. The van der Waals surface area contributed by atoms with Crippen molar-refractivity contribution in [3.05, 3.63) is 107 Å². The zero-order valence-electron chi connectivity index (χ0n) is 20.7. The molecule has 1 saturated heterocycles. The molecule has 1 aliphatic rings. The Balaban J connectivity index is 1.36. The van der Waals surface area contributed by atoms with Crippen molar-refractivity contribution in [1.29, 1.82) is 0 Å². The average molecular weight is 480 g/mol. The second-order valence-electron chi connectivity index (χ2n) is 9.42. The van der Waals surface area contributed by atoms with Crippen LogP contribution < -0.4 is 0 Å². The summed E-state index contributed by atoms with van der Waals surface area (Å²) < 4.78 is 14.2. The summed E-state index contributed by atoms with van der Waals surface area (Å²) in [5.74, 6) is -0.440. The van der Waals surface area contributed by atoms with Crippen molar-refractivity contribution in [3.63, 3.8) is 0 Å². The van der Waals surface area contributed by atoms with Crippen molar-refractivity contribution in [2.24, 2.45) is 0 Å². The number of benzene rings is 3. The van der Waals surface area contributed by atoms with Crippen LogP contribution in [0.3, 0.4) is 0 Å². The number of nitrogens with zero attached hydrogens (tertiary/aromatic N) is 3. The van der Waals surface area contributed by atoms with E-state index < -0.39 is 0 Å². The largest absolute Gasteiger partial charge is 0.336 e. The van der Waals surface area contributed by atoms with E-state index in [1.807, 2.05) is 35.2 Å². The molecule has 0 radical (unpaired) electrons. The van der Waals surface area contributed by atoms with E-state index in [-0.39, 0.29) is 11.7 Å². The van der Waals surface area contributed by atoms with Gasteiger partial charge in [0.05, 0.1) is 16.8 Å². The molecule has 0 N–H and O–H groups in total. The summed E-state index contributed by atoms with van der Waals surface area (Å²) in [7, 11) is 0. The third kappa shape index (κ3) is 5.21. The van der Waals surface area contributed by atoms with Gasteiger partial charge in [0, 0.05) is 43.7 Å². The van der Waals surface area contributed by atoms with Crippen molar-refractivity contribution >= 4 is 22.9 Å². The molecule has 1 amide bonds. The van der Waals surface area contributed by atoms with Gasteiger partial charge >= 0.3 is 0 Å². The van der Waals surface area contributed by atoms with E-state index in [9.17, 15) is 9.18 Å². The fraction of sp³-hybridized carbons (Fsp3) is 0.226. The van der Waals surface area contributed by atoms with Gasteiger partial charge in [-0.15, -0.1) is 0 Å². The van der Waals surface area contributed by atoms with Gasteiger partial charge in [-0.05, 0) is 60.9 Å². The van der Waals surface area contributed by atoms with Gasteiger partial charge in [0.1, 0.15) is 5.82 Å². The molecular weight excluding hydrogens is 449 g/mol. The van der Waals surface area contributed by atoms with Gasteiger partial charge in [0.25, 0.3) is 5.91 Å². The third-order valence-corrected chi connectivity index (χ3v) is 6.94. The lowest BCUT2D eigenvalue weighted by Gasteiger charge is -2.34. The summed E-state index contributed by atoms with van der Waals surface area (Å²) in [5.41, 5.74) is 6.36. The normalized spacial score (nSPS) is 14.6. The molecule has 1 aromatic heterocycles. The fourth-order valence-electron chi connectivity index (χ4n) is 4.63. The van der Waals surface area contributed by atoms with Gasteiger partial charge in [0.2, 0.25) is 0 Å². The summed E-state index contributed by atoms with van der Waals surface area (Å²) in [6.45, 7) is 7.85. The van der Waals surface area contributed by atoms with Crippen LogP contribution in [0.4, 0.5) is 4.39 Å². The minimum Gasteiger partial charge on any atom is -0.336 e.